The molecule has 0 unspecified atom stereocenters. The van der Waals surface area contributed by atoms with E-state index >= 15 is 0 Å². The summed E-state index contributed by atoms with van der Waals surface area (Å²) in [7, 11) is 1.78. The Labute approximate surface area is 70.3 Å². The van der Waals surface area contributed by atoms with Gasteiger partial charge < -0.3 is 10.1 Å². The first-order valence-electron chi connectivity index (χ1n) is 4.58. The lowest BCUT2D eigenvalue weighted by atomic mass is 10.1. The molecule has 1 heterocycles. The molecule has 0 aromatic carbocycles. The third kappa shape index (κ3) is 6.32. The summed E-state index contributed by atoms with van der Waals surface area (Å²) in [4.78, 5) is 0. The first-order chi connectivity index (χ1) is 5.35. The normalized spacial score (nSPS) is 23.7. The molecule has 0 radical (unpaired) electrons. The highest BCUT2D eigenvalue weighted by Crippen LogP contribution is 2.03. The molecule has 11 heavy (non-hydrogen) atoms. The lowest BCUT2D eigenvalue weighted by Gasteiger charge is -2.20. The van der Waals surface area contributed by atoms with Crippen molar-refractivity contribution in [2.45, 2.75) is 39.2 Å². The largest absolute Gasteiger partial charge is 0.380 e. The van der Waals surface area contributed by atoms with Gasteiger partial charge in [-0.2, -0.15) is 0 Å². The molecule has 0 aromatic heterocycles. The molecule has 2 nitrogen and oxygen atoms in total. The number of nitrogens with one attached hydrogen (secondary N) is 1. The number of hydrogen-bond acceptors (Lipinski definition) is 2. The second-order valence-corrected chi connectivity index (χ2v) is 2.91. The van der Waals surface area contributed by atoms with E-state index in [4.69, 9.17) is 4.74 Å². The number of hydrogen-bond donors (Lipinski definition) is 1. The highest BCUT2D eigenvalue weighted by atomic mass is 16.5. The van der Waals surface area contributed by atoms with Gasteiger partial charge in [-0.3, -0.25) is 0 Å². The van der Waals surface area contributed by atoms with E-state index in [9.17, 15) is 0 Å². The highest BCUT2D eigenvalue weighted by molar-refractivity contribution is 4.67. The van der Waals surface area contributed by atoms with Gasteiger partial charge >= 0.3 is 0 Å². The molecule has 0 bridgehead atoms. The summed E-state index contributed by atoms with van der Waals surface area (Å²) in [5.41, 5.74) is 0. The fraction of sp³-hybridized carbons (Fsp3) is 1.00. The number of ether oxygens (including phenoxy) is 1. The minimum Gasteiger partial charge on any atom is -0.380 e. The Morgan fingerprint density at radius 1 is 1.45 bits per heavy atom. The van der Waals surface area contributed by atoms with Crippen LogP contribution < -0.4 is 5.32 Å². The number of piperidine rings is 1. The lowest BCUT2D eigenvalue weighted by molar-refractivity contribution is 0.0810. The van der Waals surface area contributed by atoms with Crippen LogP contribution >= 0.6 is 0 Å². The summed E-state index contributed by atoms with van der Waals surface area (Å²) in [5.74, 6) is 0. The van der Waals surface area contributed by atoms with Crippen LogP contribution in [0, 0.1) is 0 Å². The second-order valence-electron chi connectivity index (χ2n) is 2.91. The van der Waals surface area contributed by atoms with Gasteiger partial charge in [-0.25, -0.2) is 0 Å². The van der Waals surface area contributed by atoms with Crippen LogP contribution in [0.3, 0.4) is 0 Å². The average molecular weight is 159 g/mol. The molecule has 1 rings (SSSR count). The monoisotopic (exact) mass is 159 g/mol. The standard InChI is InChI=1S/C6H13NO.C3H8/c1-8-6-3-2-4-7-5-6;1-3-2/h6-7H,2-5H2,1H3;3H2,1-2H3/t6-;/m0./s1. The molecule has 1 atom stereocenters. The van der Waals surface area contributed by atoms with Crippen LogP contribution in [0.25, 0.3) is 0 Å². The van der Waals surface area contributed by atoms with Crippen LogP contribution in [0.5, 0.6) is 0 Å². The van der Waals surface area contributed by atoms with Crippen molar-refractivity contribution in [2.75, 3.05) is 20.2 Å². The van der Waals surface area contributed by atoms with Gasteiger partial charge in [0.2, 0.25) is 0 Å². The summed E-state index contributed by atoms with van der Waals surface area (Å²) < 4.78 is 5.13. The summed E-state index contributed by atoms with van der Waals surface area (Å²) in [5, 5.41) is 3.26. The molecule has 0 aromatic rings. The van der Waals surface area contributed by atoms with E-state index in [0.29, 0.717) is 6.10 Å². The van der Waals surface area contributed by atoms with E-state index in [1.165, 1.54) is 25.8 Å². The molecule has 1 saturated heterocycles. The first kappa shape index (κ1) is 10.9. The van der Waals surface area contributed by atoms with Crippen molar-refractivity contribution in [3.63, 3.8) is 0 Å². The van der Waals surface area contributed by atoms with Crippen molar-refractivity contribution >= 4 is 0 Å². The van der Waals surface area contributed by atoms with E-state index in [0.717, 1.165) is 6.54 Å². The fourth-order valence-corrected chi connectivity index (χ4v) is 1.02. The Morgan fingerprint density at radius 2 is 2.09 bits per heavy atom. The molecule has 0 spiro atoms. The summed E-state index contributed by atoms with van der Waals surface area (Å²) in [6.07, 6.45) is 4.21. The Kier molecular flexibility index (Phi) is 7.96. The molecule has 1 aliphatic rings. The lowest BCUT2D eigenvalue weighted by Crippen LogP contribution is -2.34. The zero-order chi connectivity index (χ0) is 8.53. The van der Waals surface area contributed by atoms with Gasteiger partial charge in [-0.15, -0.1) is 0 Å². The van der Waals surface area contributed by atoms with E-state index in [-0.39, 0.29) is 0 Å². The van der Waals surface area contributed by atoms with Gasteiger partial charge in [0.25, 0.3) is 0 Å². The smallest absolute Gasteiger partial charge is 0.0696 e. The maximum Gasteiger partial charge on any atom is 0.0696 e. The van der Waals surface area contributed by atoms with Gasteiger partial charge in [-0.1, -0.05) is 20.3 Å². The molecule has 1 fully saturated rings. The molecule has 2 heteroatoms. The Morgan fingerprint density at radius 3 is 2.36 bits per heavy atom. The summed E-state index contributed by atoms with van der Waals surface area (Å²) in [6, 6.07) is 0. The van der Waals surface area contributed by atoms with Crippen molar-refractivity contribution in [3.8, 4) is 0 Å². The fourth-order valence-electron chi connectivity index (χ4n) is 1.02. The van der Waals surface area contributed by atoms with E-state index in [1.807, 2.05) is 0 Å². The molecular weight excluding hydrogens is 138 g/mol. The number of rotatable bonds is 1. The van der Waals surface area contributed by atoms with Crippen LogP contribution in [-0.2, 0) is 4.74 Å². The minimum absolute atomic E-state index is 0.476. The van der Waals surface area contributed by atoms with Gasteiger partial charge in [0, 0.05) is 13.7 Å². The first-order valence-corrected chi connectivity index (χ1v) is 4.58. The van der Waals surface area contributed by atoms with Gasteiger partial charge in [-0.05, 0) is 19.4 Å². The average Bonchev–Trinajstić information content (AvgIpc) is 2.08. The SMILES string of the molecule is CCC.CO[C@H]1CCCNC1. The number of methoxy groups -OCH3 is 1. The Balaban J connectivity index is 0.000000292. The van der Waals surface area contributed by atoms with Crippen LogP contribution in [-0.4, -0.2) is 26.3 Å². The van der Waals surface area contributed by atoms with Crippen molar-refractivity contribution < 1.29 is 4.74 Å². The van der Waals surface area contributed by atoms with Crippen molar-refractivity contribution in [1.82, 2.24) is 5.32 Å². The predicted molar refractivity (Wildman–Crippen MR) is 48.9 cm³/mol. The second kappa shape index (κ2) is 8.02. The molecule has 0 amide bonds. The summed E-state index contributed by atoms with van der Waals surface area (Å²) in [6.45, 7) is 6.45. The zero-order valence-corrected chi connectivity index (χ0v) is 8.02. The molecule has 68 valence electrons. The molecule has 1 aliphatic heterocycles. The van der Waals surface area contributed by atoms with E-state index < -0.39 is 0 Å². The maximum atomic E-state index is 5.13. The maximum absolute atomic E-state index is 5.13. The molecule has 0 aliphatic carbocycles. The van der Waals surface area contributed by atoms with Crippen LogP contribution in [0.4, 0.5) is 0 Å². The third-order valence-corrected chi connectivity index (χ3v) is 1.58. The van der Waals surface area contributed by atoms with Crippen molar-refractivity contribution in [3.05, 3.63) is 0 Å². The zero-order valence-electron chi connectivity index (χ0n) is 8.02. The Bertz CT molecular complexity index is 70.0. The van der Waals surface area contributed by atoms with E-state index in [2.05, 4.69) is 19.2 Å². The summed E-state index contributed by atoms with van der Waals surface area (Å²) >= 11 is 0. The highest BCUT2D eigenvalue weighted by Gasteiger charge is 2.09. The Hall–Kier alpha value is -0.0800. The van der Waals surface area contributed by atoms with Gasteiger partial charge in [0.05, 0.1) is 6.10 Å². The minimum atomic E-state index is 0.476. The van der Waals surface area contributed by atoms with Crippen molar-refractivity contribution in [1.29, 1.82) is 0 Å². The van der Waals surface area contributed by atoms with Crippen LogP contribution in [0.15, 0.2) is 0 Å². The van der Waals surface area contributed by atoms with Crippen molar-refractivity contribution in [2.24, 2.45) is 0 Å². The predicted octanol–water partition coefficient (Wildman–Crippen LogP) is 1.80. The topological polar surface area (TPSA) is 21.3 Å². The molecule has 0 saturated carbocycles. The van der Waals surface area contributed by atoms with Crippen LogP contribution in [0.2, 0.25) is 0 Å². The van der Waals surface area contributed by atoms with Crippen LogP contribution in [0.1, 0.15) is 33.1 Å². The van der Waals surface area contributed by atoms with E-state index in [1.54, 1.807) is 7.11 Å². The quantitative estimate of drug-likeness (QED) is 0.630. The van der Waals surface area contributed by atoms with Gasteiger partial charge in [0.15, 0.2) is 0 Å². The molecular formula is C9H21NO. The third-order valence-electron chi connectivity index (χ3n) is 1.58. The van der Waals surface area contributed by atoms with Gasteiger partial charge in [0.1, 0.15) is 0 Å². The molecule has 1 N–H and O–H groups in total.